The van der Waals surface area contributed by atoms with E-state index in [0.717, 1.165) is 16.7 Å². The lowest BCUT2D eigenvalue weighted by Gasteiger charge is -2.14. The van der Waals surface area contributed by atoms with Crippen LogP contribution in [0, 0.1) is 25.2 Å². The van der Waals surface area contributed by atoms with E-state index >= 15 is 0 Å². The van der Waals surface area contributed by atoms with Crippen molar-refractivity contribution < 1.29 is 19.1 Å². The van der Waals surface area contributed by atoms with Crippen LogP contribution in [-0.4, -0.2) is 25.1 Å². The number of amides is 2. The fourth-order valence-corrected chi connectivity index (χ4v) is 3.82. The molecule has 3 aromatic rings. The standard InChI is InChI=1S/C27H25BrN4O4/c1-17-8-9-22(10-18(17)2)31-25(33)13-26(34)32-30-15-19-11-23(28)27(24(12-19)35-3)36-16-21-7-5-4-6-20(21)14-29/h4-12,15H,13,16H2,1-3H3,(H,31,33)(H,32,34). The number of halogens is 1. The molecule has 184 valence electrons. The van der Waals surface area contributed by atoms with E-state index in [1.807, 2.05) is 38.1 Å². The number of hydrogen-bond donors (Lipinski definition) is 2. The highest BCUT2D eigenvalue weighted by atomic mass is 79.9. The van der Waals surface area contributed by atoms with Gasteiger partial charge in [-0.3, -0.25) is 9.59 Å². The van der Waals surface area contributed by atoms with Crippen LogP contribution < -0.4 is 20.2 Å². The number of benzene rings is 3. The molecule has 3 aromatic carbocycles. The van der Waals surface area contributed by atoms with Crippen LogP contribution in [0.5, 0.6) is 11.5 Å². The molecular weight excluding hydrogens is 524 g/mol. The van der Waals surface area contributed by atoms with Gasteiger partial charge in [0.2, 0.25) is 11.8 Å². The summed E-state index contributed by atoms with van der Waals surface area (Å²) in [6, 6.07) is 18.3. The number of nitrogens with one attached hydrogen (secondary N) is 2. The highest BCUT2D eigenvalue weighted by Gasteiger charge is 2.13. The van der Waals surface area contributed by atoms with Crippen molar-refractivity contribution >= 4 is 39.6 Å². The number of rotatable bonds is 9. The molecule has 0 saturated heterocycles. The molecule has 0 bridgehead atoms. The van der Waals surface area contributed by atoms with Crippen LogP contribution in [0.1, 0.15) is 34.2 Å². The summed E-state index contributed by atoms with van der Waals surface area (Å²) in [5.74, 6) is -0.0710. The largest absolute Gasteiger partial charge is 0.493 e. The average Bonchev–Trinajstić information content (AvgIpc) is 2.85. The zero-order valence-electron chi connectivity index (χ0n) is 20.1. The number of nitrogens with zero attached hydrogens (tertiary/aromatic N) is 2. The SMILES string of the molecule is COc1cc(C=NNC(=O)CC(=O)Nc2ccc(C)c(C)c2)cc(Br)c1OCc1ccccc1C#N. The first-order chi connectivity index (χ1) is 17.3. The second-order valence-corrected chi connectivity index (χ2v) is 8.76. The average molecular weight is 549 g/mol. The Morgan fingerprint density at radius 3 is 2.58 bits per heavy atom. The van der Waals surface area contributed by atoms with Crippen LogP contribution in [0.25, 0.3) is 0 Å². The highest BCUT2D eigenvalue weighted by Crippen LogP contribution is 2.37. The molecule has 0 spiro atoms. The van der Waals surface area contributed by atoms with Gasteiger partial charge in [-0.2, -0.15) is 10.4 Å². The van der Waals surface area contributed by atoms with E-state index in [-0.39, 0.29) is 13.0 Å². The molecule has 0 aliphatic heterocycles. The molecule has 0 aliphatic rings. The van der Waals surface area contributed by atoms with Crippen molar-refractivity contribution in [2.75, 3.05) is 12.4 Å². The van der Waals surface area contributed by atoms with Crippen molar-refractivity contribution in [1.29, 1.82) is 5.26 Å². The number of ether oxygens (including phenoxy) is 2. The van der Waals surface area contributed by atoms with Gasteiger partial charge < -0.3 is 14.8 Å². The van der Waals surface area contributed by atoms with Crippen molar-refractivity contribution in [1.82, 2.24) is 5.43 Å². The van der Waals surface area contributed by atoms with E-state index in [1.165, 1.54) is 13.3 Å². The predicted molar refractivity (Wildman–Crippen MR) is 141 cm³/mol. The van der Waals surface area contributed by atoms with Gasteiger partial charge in [0, 0.05) is 11.3 Å². The maximum atomic E-state index is 12.1. The number of methoxy groups -OCH3 is 1. The monoisotopic (exact) mass is 548 g/mol. The second-order valence-electron chi connectivity index (χ2n) is 7.91. The lowest BCUT2D eigenvalue weighted by molar-refractivity contribution is -0.126. The van der Waals surface area contributed by atoms with Crippen LogP contribution in [0.15, 0.2) is 64.2 Å². The number of carbonyl (C=O) groups is 2. The minimum absolute atomic E-state index is 0.187. The summed E-state index contributed by atoms with van der Waals surface area (Å²) < 4.78 is 12.0. The van der Waals surface area contributed by atoms with Crippen LogP contribution in [0.4, 0.5) is 5.69 Å². The smallest absolute Gasteiger partial charge is 0.249 e. The molecule has 3 rings (SSSR count). The first-order valence-electron chi connectivity index (χ1n) is 11.0. The molecule has 0 aliphatic carbocycles. The predicted octanol–water partition coefficient (Wildman–Crippen LogP) is 5.00. The maximum absolute atomic E-state index is 12.1. The summed E-state index contributed by atoms with van der Waals surface area (Å²) in [4.78, 5) is 24.3. The minimum Gasteiger partial charge on any atom is -0.493 e. The molecule has 2 N–H and O–H groups in total. The zero-order chi connectivity index (χ0) is 26.1. The molecule has 0 aromatic heterocycles. The van der Waals surface area contributed by atoms with E-state index in [1.54, 1.807) is 30.3 Å². The summed E-state index contributed by atoms with van der Waals surface area (Å²) in [6.07, 6.45) is 1.06. The Morgan fingerprint density at radius 1 is 1.08 bits per heavy atom. The molecule has 0 fully saturated rings. The van der Waals surface area contributed by atoms with E-state index < -0.39 is 11.8 Å². The zero-order valence-corrected chi connectivity index (χ0v) is 21.7. The number of hydrogen-bond acceptors (Lipinski definition) is 6. The third-order valence-corrected chi connectivity index (χ3v) is 5.87. The Balaban J connectivity index is 1.58. The molecule has 8 nitrogen and oxygen atoms in total. The van der Waals surface area contributed by atoms with E-state index in [4.69, 9.17) is 9.47 Å². The van der Waals surface area contributed by atoms with E-state index in [9.17, 15) is 14.9 Å². The number of hydrazone groups is 1. The van der Waals surface area contributed by atoms with Gasteiger partial charge in [-0.1, -0.05) is 24.3 Å². The first-order valence-corrected chi connectivity index (χ1v) is 11.8. The molecule has 0 unspecified atom stereocenters. The van der Waals surface area contributed by atoms with Gasteiger partial charge in [0.25, 0.3) is 0 Å². The minimum atomic E-state index is -0.547. The summed E-state index contributed by atoms with van der Waals surface area (Å²) in [6.45, 7) is 4.12. The molecule has 0 atom stereocenters. The van der Waals surface area contributed by atoms with Crippen LogP contribution in [0.2, 0.25) is 0 Å². The van der Waals surface area contributed by atoms with Gasteiger partial charge in [-0.05, 0) is 76.8 Å². The molecule has 2 amide bonds. The molecule has 9 heteroatoms. The number of nitriles is 1. The Bertz CT molecular complexity index is 1350. The third-order valence-electron chi connectivity index (χ3n) is 5.28. The lowest BCUT2D eigenvalue weighted by Crippen LogP contribution is -2.24. The highest BCUT2D eigenvalue weighted by molar-refractivity contribution is 9.10. The van der Waals surface area contributed by atoms with Crippen molar-refractivity contribution in [2.45, 2.75) is 26.9 Å². The van der Waals surface area contributed by atoms with E-state index in [2.05, 4.69) is 37.8 Å². The van der Waals surface area contributed by atoms with E-state index in [0.29, 0.717) is 32.8 Å². The first kappa shape index (κ1) is 26.4. The molecule has 0 heterocycles. The summed E-state index contributed by atoms with van der Waals surface area (Å²) in [5, 5.41) is 15.9. The summed E-state index contributed by atoms with van der Waals surface area (Å²) in [7, 11) is 1.51. The third kappa shape index (κ3) is 7.17. The van der Waals surface area contributed by atoms with Crippen molar-refractivity contribution in [3.63, 3.8) is 0 Å². The van der Waals surface area contributed by atoms with Crippen molar-refractivity contribution in [2.24, 2.45) is 5.10 Å². The molecular formula is C27H25BrN4O4. The molecule has 36 heavy (non-hydrogen) atoms. The normalized spacial score (nSPS) is 10.5. The summed E-state index contributed by atoms with van der Waals surface area (Å²) in [5.41, 5.74) is 7.07. The Kier molecular flexibility index (Phi) is 9.19. The van der Waals surface area contributed by atoms with Crippen molar-refractivity contribution in [3.05, 3.63) is 86.9 Å². The van der Waals surface area contributed by atoms with Crippen molar-refractivity contribution in [3.8, 4) is 17.6 Å². The quantitative estimate of drug-likeness (QED) is 0.222. The van der Waals surface area contributed by atoms with Gasteiger partial charge >= 0.3 is 0 Å². The Labute approximate surface area is 218 Å². The molecule has 0 radical (unpaired) electrons. The second kappa shape index (κ2) is 12.5. The maximum Gasteiger partial charge on any atom is 0.249 e. The van der Waals surface area contributed by atoms with Gasteiger partial charge in [-0.15, -0.1) is 0 Å². The number of carbonyl (C=O) groups excluding carboxylic acids is 2. The number of aryl methyl sites for hydroxylation is 2. The summed E-state index contributed by atoms with van der Waals surface area (Å²) >= 11 is 3.47. The Morgan fingerprint density at radius 2 is 1.86 bits per heavy atom. The fraction of sp³-hybridized carbons (Fsp3) is 0.185. The Hall–Kier alpha value is -4.16. The van der Waals surface area contributed by atoms with Crippen LogP contribution in [0.3, 0.4) is 0 Å². The van der Waals surface area contributed by atoms with Gasteiger partial charge in [0.1, 0.15) is 13.0 Å². The van der Waals surface area contributed by atoms with Gasteiger partial charge in [0.15, 0.2) is 11.5 Å². The van der Waals surface area contributed by atoms with Crippen LogP contribution >= 0.6 is 15.9 Å². The molecule has 0 saturated carbocycles. The van der Waals surface area contributed by atoms with Gasteiger partial charge in [0.05, 0.1) is 29.4 Å². The fourth-order valence-electron chi connectivity index (χ4n) is 3.25. The topological polar surface area (TPSA) is 113 Å². The number of anilines is 1. The van der Waals surface area contributed by atoms with Gasteiger partial charge in [-0.25, -0.2) is 5.43 Å². The lowest BCUT2D eigenvalue weighted by atomic mass is 10.1. The van der Waals surface area contributed by atoms with Crippen LogP contribution in [-0.2, 0) is 16.2 Å².